The lowest BCUT2D eigenvalue weighted by Gasteiger charge is -2.38. The molecule has 1 spiro atoms. The molecule has 0 saturated carbocycles. The number of anilines is 1. The summed E-state index contributed by atoms with van der Waals surface area (Å²) in [6.07, 6.45) is 2.04. The van der Waals surface area contributed by atoms with Gasteiger partial charge in [-0.3, -0.25) is 4.79 Å². The van der Waals surface area contributed by atoms with Gasteiger partial charge in [0.2, 0.25) is 0 Å². The van der Waals surface area contributed by atoms with Crippen LogP contribution >= 0.6 is 23.8 Å². The van der Waals surface area contributed by atoms with Crippen LogP contribution in [0.15, 0.2) is 53.7 Å². The van der Waals surface area contributed by atoms with Gasteiger partial charge in [-0.1, -0.05) is 54.9 Å². The number of benzene rings is 2. The second-order valence-corrected chi connectivity index (χ2v) is 9.82. The first kappa shape index (κ1) is 23.5. The Balaban J connectivity index is 1.24. The van der Waals surface area contributed by atoms with Crippen molar-refractivity contribution in [2.24, 2.45) is 5.16 Å². The maximum absolute atomic E-state index is 12.6. The largest absolute Gasteiger partial charge is 0.388 e. The summed E-state index contributed by atoms with van der Waals surface area (Å²) in [6, 6.07) is 15.8. The van der Waals surface area contributed by atoms with Crippen molar-refractivity contribution >= 4 is 46.2 Å². The van der Waals surface area contributed by atoms with Crippen molar-refractivity contribution in [2.45, 2.75) is 51.2 Å². The van der Waals surface area contributed by atoms with Gasteiger partial charge in [0, 0.05) is 49.6 Å². The molecule has 1 saturated heterocycles. The van der Waals surface area contributed by atoms with E-state index in [1.807, 2.05) is 24.3 Å². The number of halogens is 1. The van der Waals surface area contributed by atoms with Gasteiger partial charge in [0.1, 0.15) is 11.3 Å². The van der Waals surface area contributed by atoms with Gasteiger partial charge < -0.3 is 20.4 Å². The molecule has 2 heterocycles. The van der Waals surface area contributed by atoms with Gasteiger partial charge in [0.15, 0.2) is 5.11 Å². The lowest BCUT2D eigenvalue weighted by atomic mass is 9.87. The fourth-order valence-corrected chi connectivity index (χ4v) is 4.50. The van der Waals surface area contributed by atoms with E-state index in [4.69, 9.17) is 28.7 Å². The Morgan fingerprint density at radius 3 is 2.45 bits per heavy atom. The number of hydrogen-bond acceptors (Lipinski definition) is 4. The fraction of sp³-hybridized carbons (Fsp3) is 0.400. The predicted octanol–water partition coefficient (Wildman–Crippen LogP) is 5.09. The maximum Gasteiger partial charge on any atom is 0.269 e. The molecule has 2 aliphatic rings. The molecule has 0 aliphatic carbocycles. The number of oxime groups is 1. The SMILES string of the molecule is CC(C)c1ccc(NC(=S)N2CCC3(CC2)CC(C(=O)NCc2ccc(Cl)cc2)=NO3)cc1. The number of carbonyl (C=O) groups excluding carboxylic acids is 1. The average molecular weight is 485 g/mol. The molecule has 2 aromatic rings. The van der Waals surface area contributed by atoms with Gasteiger partial charge in [-0.2, -0.15) is 0 Å². The maximum atomic E-state index is 12.6. The number of hydrogen-bond donors (Lipinski definition) is 2. The van der Waals surface area contributed by atoms with Gasteiger partial charge in [-0.25, -0.2) is 0 Å². The number of nitrogens with one attached hydrogen (secondary N) is 2. The van der Waals surface area contributed by atoms with Gasteiger partial charge in [0.05, 0.1) is 0 Å². The van der Waals surface area contributed by atoms with E-state index in [9.17, 15) is 4.79 Å². The van der Waals surface area contributed by atoms with Crippen molar-refractivity contribution in [3.05, 3.63) is 64.7 Å². The Kier molecular flexibility index (Phi) is 7.20. The van der Waals surface area contributed by atoms with Crippen LogP contribution in [0.3, 0.4) is 0 Å². The van der Waals surface area contributed by atoms with Crippen molar-refractivity contribution in [1.82, 2.24) is 10.2 Å². The highest BCUT2D eigenvalue weighted by Crippen LogP contribution is 2.35. The molecule has 0 unspecified atom stereocenters. The fourth-order valence-electron chi connectivity index (χ4n) is 4.07. The van der Waals surface area contributed by atoms with E-state index >= 15 is 0 Å². The summed E-state index contributed by atoms with van der Waals surface area (Å²) in [5, 5.41) is 11.7. The minimum absolute atomic E-state index is 0.189. The molecular weight excluding hydrogens is 456 g/mol. The Labute approximate surface area is 205 Å². The van der Waals surface area contributed by atoms with Gasteiger partial charge in [-0.15, -0.1) is 0 Å². The van der Waals surface area contributed by atoms with Gasteiger partial charge in [0.25, 0.3) is 5.91 Å². The standard InChI is InChI=1S/C25H29ClN4O2S/c1-17(2)19-5-9-21(10-6-19)28-24(33)30-13-11-25(12-14-30)15-22(29-32-25)23(31)27-16-18-3-7-20(26)8-4-18/h3-10,17H,11-16H2,1-2H3,(H,27,31)(H,28,33). The summed E-state index contributed by atoms with van der Waals surface area (Å²) in [7, 11) is 0. The quantitative estimate of drug-likeness (QED) is 0.579. The monoisotopic (exact) mass is 484 g/mol. The molecule has 0 aromatic heterocycles. The van der Waals surface area contributed by atoms with Crippen LogP contribution in [0.25, 0.3) is 0 Å². The minimum atomic E-state index is -0.419. The molecule has 6 nitrogen and oxygen atoms in total. The summed E-state index contributed by atoms with van der Waals surface area (Å²) in [5.74, 6) is 0.314. The van der Waals surface area contributed by atoms with Crippen molar-refractivity contribution in [2.75, 3.05) is 18.4 Å². The second-order valence-electron chi connectivity index (χ2n) is 8.99. The van der Waals surface area contributed by atoms with E-state index in [1.54, 1.807) is 0 Å². The molecule has 2 aliphatic heterocycles. The Bertz CT molecular complexity index is 1030. The van der Waals surface area contributed by atoms with E-state index in [0.717, 1.165) is 37.2 Å². The third-order valence-corrected chi connectivity index (χ3v) is 6.87. The normalized spacial score (nSPS) is 17.0. The molecule has 0 radical (unpaired) electrons. The molecule has 2 aromatic carbocycles. The molecule has 0 bridgehead atoms. The Morgan fingerprint density at radius 2 is 1.82 bits per heavy atom. The van der Waals surface area contributed by atoms with Crippen LogP contribution in [0.1, 0.15) is 50.2 Å². The third-order valence-electron chi connectivity index (χ3n) is 6.26. The number of amides is 1. The highest BCUT2D eigenvalue weighted by atomic mass is 35.5. The molecule has 2 N–H and O–H groups in total. The molecule has 33 heavy (non-hydrogen) atoms. The van der Waals surface area contributed by atoms with Crippen molar-refractivity contribution in [3.8, 4) is 0 Å². The zero-order valence-electron chi connectivity index (χ0n) is 18.9. The van der Waals surface area contributed by atoms with Crippen LogP contribution in [0.2, 0.25) is 5.02 Å². The van der Waals surface area contributed by atoms with Crippen LogP contribution in [-0.2, 0) is 16.2 Å². The Morgan fingerprint density at radius 1 is 1.15 bits per heavy atom. The predicted molar refractivity (Wildman–Crippen MR) is 137 cm³/mol. The van der Waals surface area contributed by atoms with Crippen LogP contribution in [0.5, 0.6) is 0 Å². The second kappa shape index (κ2) is 10.1. The summed E-state index contributed by atoms with van der Waals surface area (Å²) in [6.45, 7) is 6.30. The number of piperidine rings is 1. The smallest absolute Gasteiger partial charge is 0.269 e. The summed E-state index contributed by atoms with van der Waals surface area (Å²) in [5.41, 5.74) is 3.30. The first-order valence-corrected chi connectivity index (χ1v) is 12.1. The summed E-state index contributed by atoms with van der Waals surface area (Å²) < 4.78 is 0. The number of nitrogens with zero attached hydrogens (tertiary/aromatic N) is 2. The minimum Gasteiger partial charge on any atom is -0.388 e. The molecule has 1 amide bonds. The Hall–Kier alpha value is -2.64. The van der Waals surface area contributed by atoms with Crippen LogP contribution < -0.4 is 10.6 Å². The zero-order valence-corrected chi connectivity index (χ0v) is 20.5. The summed E-state index contributed by atoms with van der Waals surface area (Å²) >= 11 is 11.5. The van der Waals surface area contributed by atoms with E-state index < -0.39 is 5.60 Å². The zero-order chi connectivity index (χ0) is 23.4. The van der Waals surface area contributed by atoms with E-state index in [-0.39, 0.29) is 5.91 Å². The van der Waals surface area contributed by atoms with Crippen LogP contribution in [0.4, 0.5) is 5.69 Å². The van der Waals surface area contributed by atoms with Crippen molar-refractivity contribution < 1.29 is 9.63 Å². The van der Waals surface area contributed by atoms with Crippen LogP contribution in [0, 0.1) is 0 Å². The number of rotatable bonds is 5. The van der Waals surface area contributed by atoms with E-state index in [1.165, 1.54) is 5.56 Å². The molecule has 174 valence electrons. The lowest BCUT2D eigenvalue weighted by Crippen LogP contribution is -2.48. The van der Waals surface area contributed by atoms with Crippen molar-refractivity contribution in [3.63, 3.8) is 0 Å². The van der Waals surface area contributed by atoms with E-state index in [2.05, 4.69) is 58.8 Å². The third kappa shape index (κ3) is 5.84. The van der Waals surface area contributed by atoms with E-state index in [0.29, 0.717) is 34.7 Å². The van der Waals surface area contributed by atoms with Gasteiger partial charge in [-0.05, 0) is 53.5 Å². The van der Waals surface area contributed by atoms with Crippen molar-refractivity contribution in [1.29, 1.82) is 0 Å². The molecule has 0 atom stereocenters. The molecule has 8 heteroatoms. The number of likely N-dealkylation sites (tertiary alicyclic amines) is 1. The average Bonchev–Trinajstić information content (AvgIpc) is 3.23. The molecule has 1 fully saturated rings. The lowest BCUT2D eigenvalue weighted by molar-refractivity contribution is -0.115. The highest BCUT2D eigenvalue weighted by Gasteiger charge is 2.44. The number of thiocarbonyl (C=S) groups is 1. The highest BCUT2D eigenvalue weighted by molar-refractivity contribution is 7.80. The van der Waals surface area contributed by atoms with Gasteiger partial charge >= 0.3 is 0 Å². The molecular formula is C25H29ClN4O2S. The first-order valence-electron chi connectivity index (χ1n) is 11.3. The topological polar surface area (TPSA) is 66.0 Å². The summed E-state index contributed by atoms with van der Waals surface area (Å²) in [4.78, 5) is 20.5. The molecule has 4 rings (SSSR count). The number of carbonyl (C=O) groups is 1. The first-order chi connectivity index (χ1) is 15.8. The van der Waals surface area contributed by atoms with Crippen LogP contribution in [-0.4, -0.2) is 40.3 Å².